The molecule has 0 saturated carbocycles. The quantitative estimate of drug-likeness (QED) is 0.603. The number of nitrogens with zero attached hydrogens (tertiary/aromatic N) is 2. The van der Waals surface area contributed by atoms with Crippen molar-refractivity contribution >= 4 is 0 Å². The van der Waals surface area contributed by atoms with Crippen LogP contribution in [-0.2, 0) is 14.1 Å². The summed E-state index contributed by atoms with van der Waals surface area (Å²) >= 11 is 0. The summed E-state index contributed by atoms with van der Waals surface area (Å²) in [5.41, 5.74) is 13.2. The van der Waals surface area contributed by atoms with Crippen LogP contribution in [0.5, 0.6) is 0 Å². The van der Waals surface area contributed by atoms with Gasteiger partial charge in [0, 0.05) is 23.8 Å². The van der Waals surface area contributed by atoms with Crippen LogP contribution in [0.2, 0.25) is 0 Å². The topological polar surface area (TPSA) is 7.76 Å². The Morgan fingerprint density at radius 2 is 1.19 bits per heavy atom. The Bertz CT molecular complexity index is 1010. The normalized spacial score (nSPS) is 11.1. The molecule has 0 fully saturated rings. The molecule has 0 saturated heterocycles. The summed E-state index contributed by atoms with van der Waals surface area (Å²) < 4.78 is 4.48. The summed E-state index contributed by atoms with van der Waals surface area (Å²) in [6.07, 6.45) is 4.38. The fraction of sp³-hybridized carbons (Fsp3) is 0.333. The first-order valence-corrected chi connectivity index (χ1v) is 9.25. The number of hydrogen-bond acceptors (Lipinski definition) is 0. The van der Waals surface area contributed by atoms with Crippen LogP contribution in [0.25, 0.3) is 22.5 Å². The van der Waals surface area contributed by atoms with E-state index >= 15 is 0 Å². The van der Waals surface area contributed by atoms with Gasteiger partial charge in [-0.2, -0.15) is 0 Å². The molecule has 3 rings (SSSR count). The highest BCUT2D eigenvalue weighted by Gasteiger charge is 2.24. The number of aryl methyl sites for hydroxylation is 7. The van der Waals surface area contributed by atoms with E-state index in [9.17, 15) is 0 Å². The summed E-state index contributed by atoms with van der Waals surface area (Å²) in [5.74, 6) is 0. The number of pyridine rings is 2. The van der Waals surface area contributed by atoms with Crippen molar-refractivity contribution in [2.75, 3.05) is 0 Å². The lowest BCUT2D eigenvalue weighted by Gasteiger charge is -2.16. The number of benzene rings is 1. The van der Waals surface area contributed by atoms with Gasteiger partial charge in [0.2, 0.25) is 11.4 Å². The monoisotopic (exact) mass is 346 g/mol. The van der Waals surface area contributed by atoms with Gasteiger partial charge in [0.05, 0.1) is 11.1 Å². The molecule has 0 N–H and O–H groups in total. The molecule has 3 aromatic rings. The van der Waals surface area contributed by atoms with Crippen molar-refractivity contribution in [2.45, 2.75) is 41.5 Å². The van der Waals surface area contributed by atoms with E-state index in [1.807, 2.05) is 0 Å². The third-order valence-electron chi connectivity index (χ3n) is 5.53. The van der Waals surface area contributed by atoms with Gasteiger partial charge in [0.1, 0.15) is 14.1 Å². The molecule has 0 atom stereocenters. The van der Waals surface area contributed by atoms with Gasteiger partial charge >= 0.3 is 0 Å². The van der Waals surface area contributed by atoms with Crippen LogP contribution in [0.4, 0.5) is 0 Å². The Morgan fingerprint density at radius 3 is 1.81 bits per heavy atom. The maximum atomic E-state index is 2.33. The summed E-state index contributed by atoms with van der Waals surface area (Å²) in [6.45, 7) is 13.2. The number of hydrogen-bond donors (Lipinski definition) is 0. The minimum atomic E-state index is 1.27. The highest BCUT2D eigenvalue weighted by molar-refractivity contribution is 5.78. The standard InChI is InChI=1S/C24H30N2/c1-15-9-10-25(7)21(11-15)23-17(3)12-18(4)24(20(23)6)22-13-16(2)19(5)14-26(22)8/h9-14H,1-8H3/q+2. The van der Waals surface area contributed by atoms with Crippen molar-refractivity contribution in [3.63, 3.8) is 0 Å². The molecule has 2 heteroatoms. The average molecular weight is 347 g/mol. The van der Waals surface area contributed by atoms with E-state index in [0.717, 1.165) is 0 Å². The SMILES string of the molecule is Cc1cc[n+](C)c(-c2c(C)cc(C)c(-c3cc(C)c(C)c[n+]3C)c2C)c1. The van der Waals surface area contributed by atoms with Gasteiger partial charge in [-0.25, -0.2) is 9.13 Å². The lowest BCUT2D eigenvalue weighted by Crippen LogP contribution is -2.33. The molecule has 0 bridgehead atoms. The molecular weight excluding hydrogens is 316 g/mol. The highest BCUT2D eigenvalue weighted by atomic mass is 14.9. The first-order valence-electron chi connectivity index (χ1n) is 9.25. The molecule has 2 heterocycles. The third kappa shape index (κ3) is 3.05. The van der Waals surface area contributed by atoms with Crippen LogP contribution < -0.4 is 9.13 Å². The molecule has 0 unspecified atom stereocenters. The minimum Gasteiger partial charge on any atom is -0.201 e. The maximum absolute atomic E-state index is 2.33. The van der Waals surface area contributed by atoms with Crippen LogP contribution >= 0.6 is 0 Å². The van der Waals surface area contributed by atoms with Crippen molar-refractivity contribution < 1.29 is 9.13 Å². The first-order chi connectivity index (χ1) is 12.2. The second-order valence-electron chi connectivity index (χ2n) is 7.72. The van der Waals surface area contributed by atoms with E-state index in [2.05, 4.69) is 101 Å². The Kier molecular flexibility index (Phi) is 4.70. The van der Waals surface area contributed by atoms with Crippen LogP contribution in [0, 0.1) is 41.5 Å². The zero-order chi connectivity index (χ0) is 19.2. The lowest BCUT2D eigenvalue weighted by molar-refractivity contribution is -0.660. The zero-order valence-corrected chi connectivity index (χ0v) is 17.4. The molecule has 26 heavy (non-hydrogen) atoms. The van der Waals surface area contributed by atoms with E-state index in [1.165, 1.54) is 55.9 Å². The molecule has 2 nitrogen and oxygen atoms in total. The minimum absolute atomic E-state index is 1.27. The molecule has 134 valence electrons. The Morgan fingerprint density at radius 1 is 0.615 bits per heavy atom. The molecule has 0 radical (unpaired) electrons. The molecule has 0 aliphatic heterocycles. The van der Waals surface area contributed by atoms with E-state index in [1.54, 1.807) is 0 Å². The molecule has 2 aromatic heterocycles. The van der Waals surface area contributed by atoms with Crippen LogP contribution in [0.15, 0.2) is 36.7 Å². The van der Waals surface area contributed by atoms with E-state index < -0.39 is 0 Å². The van der Waals surface area contributed by atoms with Crippen LogP contribution in [0.3, 0.4) is 0 Å². The summed E-state index contributed by atoms with van der Waals surface area (Å²) in [5, 5.41) is 0. The molecule has 0 aliphatic rings. The largest absolute Gasteiger partial charge is 0.213 e. The van der Waals surface area contributed by atoms with E-state index in [4.69, 9.17) is 0 Å². The number of rotatable bonds is 2. The molecular formula is C24H30N2+2. The van der Waals surface area contributed by atoms with Gasteiger partial charge in [0.25, 0.3) is 0 Å². The van der Waals surface area contributed by atoms with Gasteiger partial charge in [-0.3, -0.25) is 0 Å². The summed E-state index contributed by atoms with van der Waals surface area (Å²) in [7, 11) is 4.27. The Balaban J connectivity index is 2.37. The predicted octanol–water partition coefficient (Wildman–Crippen LogP) is 4.52. The number of aromatic nitrogens is 2. The van der Waals surface area contributed by atoms with E-state index in [-0.39, 0.29) is 0 Å². The Labute approximate surface area is 157 Å². The smallest absolute Gasteiger partial charge is 0.201 e. The molecule has 1 aromatic carbocycles. The summed E-state index contributed by atoms with van der Waals surface area (Å²) in [6, 6.07) is 9.09. The van der Waals surface area contributed by atoms with Crippen molar-refractivity contribution in [2.24, 2.45) is 14.1 Å². The predicted molar refractivity (Wildman–Crippen MR) is 108 cm³/mol. The van der Waals surface area contributed by atoms with Gasteiger partial charge in [-0.15, -0.1) is 0 Å². The fourth-order valence-electron chi connectivity index (χ4n) is 4.03. The average Bonchev–Trinajstić information content (AvgIpc) is 2.55. The second-order valence-corrected chi connectivity index (χ2v) is 7.72. The van der Waals surface area contributed by atoms with Crippen LogP contribution in [-0.4, -0.2) is 0 Å². The highest BCUT2D eigenvalue weighted by Crippen LogP contribution is 2.35. The second kappa shape index (κ2) is 6.68. The maximum Gasteiger partial charge on any atom is 0.213 e. The van der Waals surface area contributed by atoms with Crippen molar-refractivity contribution in [3.05, 3.63) is 70.0 Å². The van der Waals surface area contributed by atoms with Gasteiger partial charge in [-0.05, 0) is 69.4 Å². The van der Waals surface area contributed by atoms with Crippen molar-refractivity contribution in [1.29, 1.82) is 0 Å². The summed E-state index contributed by atoms with van der Waals surface area (Å²) in [4.78, 5) is 0. The lowest BCUT2D eigenvalue weighted by atomic mass is 9.88. The van der Waals surface area contributed by atoms with Crippen molar-refractivity contribution in [1.82, 2.24) is 0 Å². The van der Waals surface area contributed by atoms with Gasteiger partial charge in [0.15, 0.2) is 12.4 Å². The van der Waals surface area contributed by atoms with Crippen LogP contribution in [0.1, 0.15) is 33.4 Å². The first kappa shape index (κ1) is 18.3. The molecule has 0 aliphatic carbocycles. The van der Waals surface area contributed by atoms with Gasteiger partial charge in [-0.1, -0.05) is 6.07 Å². The van der Waals surface area contributed by atoms with Gasteiger partial charge < -0.3 is 0 Å². The fourth-order valence-corrected chi connectivity index (χ4v) is 4.03. The Hall–Kier alpha value is -2.48. The van der Waals surface area contributed by atoms with Crippen molar-refractivity contribution in [3.8, 4) is 22.5 Å². The third-order valence-corrected chi connectivity index (χ3v) is 5.53. The molecule has 0 amide bonds. The zero-order valence-electron chi connectivity index (χ0n) is 17.4. The van der Waals surface area contributed by atoms with E-state index in [0.29, 0.717) is 0 Å². The molecule has 0 spiro atoms.